The van der Waals surface area contributed by atoms with E-state index in [1.165, 1.54) is 23.4 Å². The third-order valence-electron chi connectivity index (χ3n) is 3.62. The quantitative estimate of drug-likeness (QED) is 0.915. The molecule has 1 saturated heterocycles. The highest BCUT2D eigenvalue weighted by Gasteiger charge is 2.30. The van der Waals surface area contributed by atoms with Crippen LogP contribution in [0.5, 0.6) is 0 Å². The summed E-state index contributed by atoms with van der Waals surface area (Å²) in [5.41, 5.74) is 6.11. The zero-order valence-electron chi connectivity index (χ0n) is 12.3. The lowest BCUT2D eigenvalue weighted by atomic mass is 10.1. The molecular formula is C14H21FN2O3S. The Morgan fingerprint density at radius 2 is 2.19 bits per heavy atom. The predicted molar refractivity (Wildman–Crippen MR) is 77.8 cm³/mol. The van der Waals surface area contributed by atoms with Gasteiger partial charge in [-0.2, -0.15) is 4.31 Å². The van der Waals surface area contributed by atoms with Crippen LogP contribution in [0.25, 0.3) is 0 Å². The van der Waals surface area contributed by atoms with Crippen LogP contribution >= 0.6 is 0 Å². The molecule has 5 nitrogen and oxygen atoms in total. The highest BCUT2D eigenvalue weighted by atomic mass is 32.2. The molecule has 7 heteroatoms. The van der Waals surface area contributed by atoms with Crippen molar-refractivity contribution in [3.8, 4) is 0 Å². The summed E-state index contributed by atoms with van der Waals surface area (Å²) < 4.78 is 46.3. The van der Waals surface area contributed by atoms with Crippen LogP contribution in [0.15, 0.2) is 17.0 Å². The number of sulfonamides is 1. The number of halogens is 1. The van der Waals surface area contributed by atoms with Crippen molar-refractivity contribution < 1.29 is 17.5 Å². The van der Waals surface area contributed by atoms with Crippen LogP contribution < -0.4 is 5.73 Å². The predicted octanol–water partition coefficient (Wildman–Crippen LogP) is 1.39. The second-order valence-electron chi connectivity index (χ2n) is 5.30. The van der Waals surface area contributed by atoms with Crippen molar-refractivity contribution >= 4 is 10.0 Å². The number of nitrogens with two attached hydrogens (primary N) is 1. The highest BCUT2D eigenvalue weighted by molar-refractivity contribution is 7.89. The Bertz CT molecular complexity index is 619. The van der Waals surface area contributed by atoms with E-state index in [-0.39, 0.29) is 29.7 Å². The molecule has 1 aromatic rings. The molecular weight excluding hydrogens is 295 g/mol. The Morgan fingerprint density at radius 3 is 2.86 bits per heavy atom. The van der Waals surface area contributed by atoms with Crippen molar-refractivity contribution in [3.63, 3.8) is 0 Å². The first kappa shape index (κ1) is 16.4. The summed E-state index contributed by atoms with van der Waals surface area (Å²) in [6.07, 6.45) is 0.451. The van der Waals surface area contributed by atoms with Crippen LogP contribution in [0.3, 0.4) is 0 Å². The number of rotatable bonds is 3. The monoisotopic (exact) mass is 316 g/mol. The third-order valence-corrected chi connectivity index (χ3v) is 5.62. The van der Waals surface area contributed by atoms with Gasteiger partial charge in [-0.3, -0.25) is 0 Å². The molecule has 0 bridgehead atoms. The largest absolute Gasteiger partial charge is 0.377 e. The van der Waals surface area contributed by atoms with Gasteiger partial charge in [0.2, 0.25) is 10.0 Å². The molecule has 1 aliphatic rings. The van der Waals surface area contributed by atoms with Gasteiger partial charge in [0.15, 0.2) is 0 Å². The Morgan fingerprint density at radius 1 is 1.48 bits per heavy atom. The van der Waals surface area contributed by atoms with Crippen LogP contribution in [-0.4, -0.2) is 38.5 Å². The van der Waals surface area contributed by atoms with E-state index in [9.17, 15) is 12.8 Å². The maximum atomic E-state index is 13.9. The van der Waals surface area contributed by atoms with E-state index >= 15 is 0 Å². The number of nitrogens with zero attached hydrogens (tertiary/aromatic N) is 1. The van der Waals surface area contributed by atoms with E-state index in [0.717, 1.165) is 0 Å². The fraction of sp³-hybridized carbons (Fsp3) is 0.571. The summed E-state index contributed by atoms with van der Waals surface area (Å²) in [6.45, 7) is 4.58. The summed E-state index contributed by atoms with van der Waals surface area (Å²) in [6, 6.07) is 2.74. The van der Waals surface area contributed by atoms with Gasteiger partial charge in [-0.15, -0.1) is 0 Å². The molecule has 0 amide bonds. The van der Waals surface area contributed by atoms with E-state index in [2.05, 4.69) is 0 Å². The average Bonchev–Trinajstić information content (AvgIpc) is 2.66. The second-order valence-corrected chi connectivity index (χ2v) is 7.21. The first-order valence-electron chi connectivity index (χ1n) is 6.97. The van der Waals surface area contributed by atoms with Crippen molar-refractivity contribution in [2.75, 3.05) is 19.7 Å². The van der Waals surface area contributed by atoms with Crippen LogP contribution in [0.2, 0.25) is 0 Å². The average molecular weight is 316 g/mol. The molecule has 2 rings (SSSR count). The van der Waals surface area contributed by atoms with E-state index in [4.69, 9.17) is 10.5 Å². The first-order valence-corrected chi connectivity index (χ1v) is 8.41. The van der Waals surface area contributed by atoms with Crippen LogP contribution in [0.4, 0.5) is 4.39 Å². The lowest BCUT2D eigenvalue weighted by Gasteiger charge is -2.23. The van der Waals surface area contributed by atoms with Crippen molar-refractivity contribution in [1.82, 2.24) is 4.31 Å². The van der Waals surface area contributed by atoms with Gasteiger partial charge in [-0.25, -0.2) is 12.8 Å². The van der Waals surface area contributed by atoms with Gasteiger partial charge < -0.3 is 10.5 Å². The maximum Gasteiger partial charge on any atom is 0.243 e. The summed E-state index contributed by atoms with van der Waals surface area (Å²) in [5.74, 6) is -0.546. The summed E-state index contributed by atoms with van der Waals surface area (Å²) in [7, 11) is -3.75. The first-order chi connectivity index (χ1) is 9.86. The SMILES string of the molecule is Cc1c(F)cc(CN)cc1S(=O)(=O)N1CCCOC(C)C1. The van der Waals surface area contributed by atoms with E-state index < -0.39 is 15.8 Å². The normalized spacial score (nSPS) is 21.2. The fourth-order valence-electron chi connectivity index (χ4n) is 2.41. The van der Waals surface area contributed by atoms with Gasteiger partial charge in [0, 0.05) is 31.8 Å². The molecule has 21 heavy (non-hydrogen) atoms. The number of benzene rings is 1. The van der Waals surface area contributed by atoms with Crippen LogP contribution in [0.1, 0.15) is 24.5 Å². The van der Waals surface area contributed by atoms with Crippen molar-refractivity contribution in [3.05, 3.63) is 29.1 Å². The minimum Gasteiger partial charge on any atom is -0.377 e. The Balaban J connectivity index is 2.45. The van der Waals surface area contributed by atoms with Gasteiger partial charge in [0.25, 0.3) is 0 Å². The van der Waals surface area contributed by atoms with E-state index in [0.29, 0.717) is 25.1 Å². The molecule has 0 aromatic heterocycles. The Kier molecular flexibility index (Phi) is 4.98. The Labute approximate surface area is 124 Å². The Hall–Kier alpha value is -1.02. The summed E-state index contributed by atoms with van der Waals surface area (Å²) >= 11 is 0. The minimum absolute atomic E-state index is 0.00273. The zero-order chi connectivity index (χ0) is 15.6. The second kappa shape index (κ2) is 6.39. The molecule has 0 aliphatic carbocycles. The fourth-order valence-corrected chi connectivity index (χ4v) is 4.24. The molecule has 1 aliphatic heterocycles. The zero-order valence-corrected chi connectivity index (χ0v) is 13.1. The molecule has 0 radical (unpaired) electrons. The maximum absolute atomic E-state index is 13.9. The summed E-state index contributed by atoms with van der Waals surface area (Å²) in [5, 5.41) is 0. The number of ether oxygens (including phenoxy) is 1. The molecule has 1 atom stereocenters. The van der Waals surface area contributed by atoms with E-state index in [1.54, 1.807) is 0 Å². The molecule has 1 unspecified atom stereocenters. The molecule has 0 saturated carbocycles. The molecule has 1 fully saturated rings. The van der Waals surface area contributed by atoms with Crippen molar-refractivity contribution in [2.45, 2.75) is 37.8 Å². The van der Waals surface area contributed by atoms with Gasteiger partial charge in [0.1, 0.15) is 5.82 Å². The van der Waals surface area contributed by atoms with Gasteiger partial charge in [-0.05, 0) is 38.0 Å². The van der Waals surface area contributed by atoms with Gasteiger partial charge in [-0.1, -0.05) is 0 Å². The standard InChI is InChI=1S/C14H21FN2O3S/c1-10-9-17(4-3-5-20-10)21(18,19)14-7-12(8-16)6-13(15)11(14)2/h6-7,10H,3-5,8-9,16H2,1-2H3. The molecule has 1 aromatic carbocycles. The third kappa shape index (κ3) is 3.42. The number of hydrogen-bond acceptors (Lipinski definition) is 4. The highest BCUT2D eigenvalue weighted by Crippen LogP contribution is 2.25. The molecule has 118 valence electrons. The molecule has 1 heterocycles. The number of hydrogen-bond donors (Lipinski definition) is 1. The topological polar surface area (TPSA) is 72.6 Å². The van der Waals surface area contributed by atoms with Gasteiger partial charge >= 0.3 is 0 Å². The molecule has 2 N–H and O–H groups in total. The smallest absolute Gasteiger partial charge is 0.243 e. The van der Waals surface area contributed by atoms with E-state index in [1.807, 2.05) is 6.92 Å². The van der Waals surface area contributed by atoms with Gasteiger partial charge in [0.05, 0.1) is 11.0 Å². The lowest BCUT2D eigenvalue weighted by Crippen LogP contribution is -2.36. The van der Waals surface area contributed by atoms with Crippen LogP contribution in [0, 0.1) is 12.7 Å². The van der Waals surface area contributed by atoms with Crippen LogP contribution in [-0.2, 0) is 21.3 Å². The van der Waals surface area contributed by atoms with Crippen molar-refractivity contribution in [1.29, 1.82) is 0 Å². The minimum atomic E-state index is -3.75. The van der Waals surface area contributed by atoms with Crippen molar-refractivity contribution in [2.24, 2.45) is 5.73 Å². The summed E-state index contributed by atoms with van der Waals surface area (Å²) in [4.78, 5) is -0.00273. The molecule has 0 spiro atoms. The lowest BCUT2D eigenvalue weighted by molar-refractivity contribution is 0.0752.